The molecule has 0 fully saturated rings. The van der Waals surface area contributed by atoms with Crippen molar-refractivity contribution >= 4 is 10.8 Å². The summed E-state index contributed by atoms with van der Waals surface area (Å²) in [6.07, 6.45) is 5.39. The lowest BCUT2D eigenvalue weighted by atomic mass is 10.0. The van der Waals surface area contributed by atoms with Gasteiger partial charge in [-0.1, -0.05) is 51.5 Å². The summed E-state index contributed by atoms with van der Waals surface area (Å²) < 4.78 is 11.6. The van der Waals surface area contributed by atoms with Crippen molar-refractivity contribution in [2.45, 2.75) is 45.7 Å². The van der Waals surface area contributed by atoms with E-state index in [1.165, 1.54) is 5.56 Å². The topological polar surface area (TPSA) is 42.9 Å². The Labute approximate surface area is 130 Å². The Kier molecular flexibility index (Phi) is 7.23. The van der Waals surface area contributed by atoms with E-state index in [9.17, 15) is 4.21 Å². The Morgan fingerprint density at radius 2 is 1.86 bits per heavy atom. The molecule has 0 bridgehead atoms. The van der Waals surface area contributed by atoms with Gasteiger partial charge in [0.05, 0.1) is 16.5 Å². The number of hydrogen-bond donors (Lipinski definition) is 0. The predicted molar refractivity (Wildman–Crippen MR) is 89.9 cm³/mol. The lowest BCUT2D eigenvalue weighted by molar-refractivity contribution is 0.679. The van der Waals surface area contributed by atoms with Crippen LogP contribution in [-0.2, 0) is 17.2 Å². The summed E-state index contributed by atoms with van der Waals surface area (Å²) in [6.45, 7) is 8.20. The van der Waals surface area contributed by atoms with Gasteiger partial charge in [-0.25, -0.2) is 9.97 Å². The maximum Gasteiger partial charge on any atom is 0.218 e. The Hall–Kier alpha value is -1.55. The van der Waals surface area contributed by atoms with Gasteiger partial charge in [-0.15, -0.1) is 0 Å². The van der Waals surface area contributed by atoms with Gasteiger partial charge >= 0.3 is 0 Å². The molecule has 1 unspecified atom stereocenters. The molecule has 0 saturated heterocycles. The van der Waals surface area contributed by atoms with E-state index in [-0.39, 0.29) is 0 Å². The Balaban J connectivity index is 0.00000106. The van der Waals surface area contributed by atoms with Gasteiger partial charge in [-0.05, 0) is 24.5 Å². The highest BCUT2D eigenvalue weighted by Crippen LogP contribution is 2.25. The molecule has 1 atom stereocenters. The first-order valence-corrected chi connectivity index (χ1v) is 8.94. The van der Waals surface area contributed by atoms with Gasteiger partial charge in [-0.2, -0.15) is 0 Å². The van der Waals surface area contributed by atoms with E-state index >= 15 is 0 Å². The van der Waals surface area contributed by atoms with Crippen LogP contribution in [-0.4, -0.2) is 20.4 Å². The van der Waals surface area contributed by atoms with E-state index < -0.39 is 10.8 Å². The Bertz CT molecular complexity index is 611. The Morgan fingerprint density at radius 1 is 1.19 bits per heavy atom. The molecule has 1 aromatic heterocycles. The normalized spacial score (nSPS) is 11.5. The summed E-state index contributed by atoms with van der Waals surface area (Å²) >= 11 is 0. The minimum Gasteiger partial charge on any atom is -0.251 e. The summed E-state index contributed by atoms with van der Waals surface area (Å²) in [5, 5.41) is 0.401. The van der Waals surface area contributed by atoms with Crippen LogP contribution in [0.5, 0.6) is 0 Å². The fourth-order valence-electron chi connectivity index (χ4n) is 2.05. The molecule has 0 saturated carbocycles. The van der Waals surface area contributed by atoms with Crippen molar-refractivity contribution in [1.29, 1.82) is 0 Å². The average molecular weight is 304 g/mol. The predicted octanol–water partition coefficient (Wildman–Crippen LogP) is 4.17. The third-order valence-electron chi connectivity index (χ3n) is 3.02. The van der Waals surface area contributed by atoms with Crippen LogP contribution in [0.15, 0.2) is 35.6 Å². The summed E-state index contributed by atoms with van der Waals surface area (Å²) in [6, 6.07) is 8.14. The first-order chi connectivity index (χ1) is 10.1. The smallest absolute Gasteiger partial charge is 0.218 e. The van der Waals surface area contributed by atoms with Gasteiger partial charge < -0.3 is 0 Å². The summed E-state index contributed by atoms with van der Waals surface area (Å²) in [4.78, 5) is 8.71. The van der Waals surface area contributed by atoms with Gasteiger partial charge in [0.2, 0.25) is 5.16 Å². The van der Waals surface area contributed by atoms with Crippen LogP contribution in [0.1, 0.15) is 38.3 Å². The standard InChI is InChI=1S/C15H18N2OS.C2H6/c1-4-7-12-10-16-15(19(3)18)17-14(12)13-9-6-5-8-11(13)2;1-2/h5-6,8-10H,4,7H2,1-3H3;1-2H3. The van der Waals surface area contributed by atoms with E-state index in [0.29, 0.717) is 5.16 Å². The SMILES string of the molecule is CC.CCCc1cnc(S(C)=O)nc1-c1ccccc1C. The minimum atomic E-state index is -1.15. The molecule has 0 radical (unpaired) electrons. The van der Waals surface area contributed by atoms with Crippen molar-refractivity contribution in [2.24, 2.45) is 0 Å². The van der Waals surface area contributed by atoms with Crippen molar-refractivity contribution in [3.8, 4) is 11.3 Å². The van der Waals surface area contributed by atoms with Crippen molar-refractivity contribution in [3.05, 3.63) is 41.6 Å². The molecule has 0 aliphatic rings. The molecule has 1 heterocycles. The van der Waals surface area contributed by atoms with Crippen LogP contribution in [0.25, 0.3) is 11.3 Å². The molecule has 2 rings (SSSR count). The maximum absolute atomic E-state index is 11.6. The largest absolute Gasteiger partial charge is 0.251 e. The number of benzene rings is 1. The molecule has 0 spiro atoms. The zero-order valence-corrected chi connectivity index (χ0v) is 14.3. The van der Waals surface area contributed by atoms with E-state index in [1.807, 2.05) is 32.2 Å². The molecule has 0 aliphatic heterocycles. The highest BCUT2D eigenvalue weighted by molar-refractivity contribution is 7.84. The highest BCUT2D eigenvalue weighted by Gasteiger charge is 2.12. The van der Waals surface area contributed by atoms with E-state index in [4.69, 9.17) is 0 Å². The van der Waals surface area contributed by atoms with Gasteiger partial charge in [-0.3, -0.25) is 4.21 Å². The highest BCUT2D eigenvalue weighted by atomic mass is 32.2. The van der Waals surface area contributed by atoms with Gasteiger partial charge in [0.25, 0.3) is 0 Å². The zero-order valence-electron chi connectivity index (χ0n) is 13.5. The van der Waals surface area contributed by atoms with Gasteiger partial charge in [0.1, 0.15) is 0 Å². The summed E-state index contributed by atoms with van der Waals surface area (Å²) in [5.74, 6) is 0. The van der Waals surface area contributed by atoms with Crippen LogP contribution in [0.2, 0.25) is 0 Å². The van der Waals surface area contributed by atoms with Gasteiger partial charge in [0.15, 0.2) is 0 Å². The minimum absolute atomic E-state index is 0.401. The second-order valence-corrected chi connectivity index (χ2v) is 5.82. The number of hydrogen-bond acceptors (Lipinski definition) is 3. The maximum atomic E-state index is 11.6. The molecule has 0 N–H and O–H groups in total. The fourth-order valence-corrected chi connectivity index (χ4v) is 2.47. The zero-order chi connectivity index (χ0) is 15.8. The van der Waals surface area contributed by atoms with Crippen molar-refractivity contribution in [3.63, 3.8) is 0 Å². The quantitative estimate of drug-likeness (QED) is 0.796. The molecular formula is C17H24N2OS. The first kappa shape index (κ1) is 17.5. The molecule has 0 amide bonds. The molecular weight excluding hydrogens is 280 g/mol. The molecule has 114 valence electrons. The third kappa shape index (κ3) is 4.46. The molecule has 2 aromatic rings. The van der Waals surface area contributed by atoms with Crippen molar-refractivity contribution < 1.29 is 4.21 Å². The number of aromatic nitrogens is 2. The van der Waals surface area contributed by atoms with Crippen molar-refractivity contribution in [2.75, 3.05) is 6.26 Å². The molecule has 1 aromatic carbocycles. The molecule has 0 aliphatic carbocycles. The molecule has 21 heavy (non-hydrogen) atoms. The second-order valence-electron chi connectivity index (χ2n) is 4.55. The van der Waals surface area contributed by atoms with Crippen LogP contribution in [0.4, 0.5) is 0 Å². The number of rotatable bonds is 4. The van der Waals surface area contributed by atoms with Crippen LogP contribution in [0.3, 0.4) is 0 Å². The van der Waals surface area contributed by atoms with E-state index in [0.717, 1.165) is 29.7 Å². The summed E-state index contributed by atoms with van der Waals surface area (Å²) in [7, 11) is -1.15. The van der Waals surface area contributed by atoms with Crippen molar-refractivity contribution in [1.82, 2.24) is 9.97 Å². The number of nitrogens with zero attached hydrogens (tertiary/aromatic N) is 2. The molecule has 3 nitrogen and oxygen atoms in total. The lowest BCUT2D eigenvalue weighted by Gasteiger charge is -2.11. The lowest BCUT2D eigenvalue weighted by Crippen LogP contribution is -2.03. The van der Waals surface area contributed by atoms with Crippen LogP contribution in [0, 0.1) is 6.92 Å². The van der Waals surface area contributed by atoms with Gasteiger partial charge in [0, 0.05) is 18.0 Å². The summed E-state index contributed by atoms with van der Waals surface area (Å²) in [5.41, 5.74) is 4.30. The fraction of sp³-hybridized carbons (Fsp3) is 0.412. The second kappa shape index (κ2) is 8.67. The molecule has 4 heteroatoms. The average Bonchev–Trinajstić information content (AvgIpc) is 2.50. The third-order valence-corrected chi connectivity index (χ3v) is 3.73. The van der Waals surface area contributed by atoms with Crippen LogP contribution < -0.4 is 0 Å². The Morgan fingerprint density at radius 3 is 2.43 bits per heavy atom. The number of aryl methyl sites for hydroxylation is 2. The van der Waals surface area contributed by atoms with E-state index in [1.54, 1.807) is 6.26 Å². The first-order valence-electron chi connectivity index (χ1n) is 7.38. The monoisotopic (exact) mass is 304 g/mol. The van der Waals surface area contributed by atoms with Crippen LogP contribution >= 0.6 is 0 Å². The van der Waals surface area contributed by atoms with E-state index in [2.05, 4.69) is 35.9 Å².